The maximum atomic E-state index is 13.3. The minimum absolute atomic E-state index is 0.0125. The summed E-state index contributed by atoms with van der Waals surface area (Å²) in [7, 11) is -4.01. The zero-order valence-corrected chi connectivity index (χ0v) is 18.7. The van der Waals surface area contributed by atoms with Crippen molar-refractivity contribution in [2.75, 3.05) is 11.9 Å². The predicted molar refractivity (Wildman–Crippen MR) is 120 cm³/mol. The molecule has 0 unspecified atom stereocenters. The Bertz CT molecular complexity index is 1180. The summed E-state index contributed by atoms with van der Waals surface area (Å²) >= 11 is 5.88. The highest BCUT2D eigenvalue weighted by atomic mass is 35.5. The second kappa shape index (κ2) is 9.60. The number of nitrogens with zero attached hydrogens (tertiary/aromatic N) is 1. The third-order valence-electron chi connectivity index (χ3n) is 4.71. The van der Waals surface area contributed by atoms with Crippen molar-refractivity contribution in [2.24, 2.45) is 0 Å². The third kappa shape index (κ3) is 5.91. The minimum atomic E-state index is -4.01. The van der Waals surface area contributed by atoms with Crippen molar-refractivity contribution in [2.45, 2.75) is 25.3 Å². The molecule has 1 amide bonds. The van der Waals surface area contributed by atoms with Gasteiger partial charge in [0.15, 0.2) is 0 Å². The molecule has 0 saturated heterocycles. The average Bonchev–Trinajstić information content (AvgIpc) is 2.72. The Kier molecular flexibility index (Phi) is 7.10. The van der Waals surface area contributed by atoms with Gasteiger partial charge < -0.3 is 5.32 Å². The molecule has 3 rings (SSSR count). The van der Waals surface area contributed by atoms with Crippen LogP contribution in [0.25, 0.3) is 0 Å². The third-order valence-corrected chi connectivity index (χ3v) is 6.77. The van der Waals surface area contributed by atoms with E-state index in [0.717, 1.165) is 15.4 Å². The SMILES string of the molecule is Cc1ccc(C)c(NC(=O)CN(Cc2ccc(F)cc2)S(=O)(=O)c2ccc(Cl)cc2)c1. The second-order valence-corrected chi connectivity index (χ2v) is 9.59. The van der Waals surface area contributed by atoms with Gasteiger partial charge in [-0.3, -0.25) is 4.79 Å². The van der Waals surface area contributed by atoms with Crippen molar-refractivity contribution in [3.05, 3.63) is 94.3 Å². The molecule has 8 heteroatoms. The molecule has 162 valence electrons. The summed E-state index contributed by atoms with van der Waals surface area (Å²) in [5.41, 5.74) is 3.01. The lowest BCUT2D eigenvalue weighted by atomic mass is 10.1. The molecule has 3 aromatic rings. The Hall–Kier alpha value is -2.74. The molecule has 0 aliphatic heterocycles. The van der Waals surface area contributed by atoms with Crippen LogP contribution in [-0.2, 0) is 21.4 Å². The first-order chi connectivity index (χ1) is 14.6. The van der Waals surface area contributed by atoms with Crippen molar-refractivity contribution < 1.29 is 17.6 Å². The summed E-state index contributed by atoms with van der Waals surface area (Å²) in [6.45, 7) is 3.26. The zero-order chi connectivity index (χ0) is 22.6. The molecule has 0 saturated carbocycles. The summed E-state index contributed by atoms with van der Waals surface area (Å²) in [4.78, 5) is 12.8. The lowest BCUT2D eigenvalue weighted by Crippen LogP contribution is -2.37. The molecule has 0 aliphatic rings. The van der Waals surface area contributed by atoms with Gasteiger partial charge in [0.25, 0.3) is 0 Å². The fourth-order valence-corrected chi connectivity index (χ4v) is 4.51. The molecule has 0 spiro atoms. The van der Waals surface area contributed by atoms with Gasteiger partial charge in [0, 0.05) is 17.3 Å². The Morgan fingerprint density at radius 3 is 2.29 bits per heavy atom. The number of rotatable bonds is 7. The summed E-state index contributed by atoms with van der Waals surface area (Å²) in [5, 5.41) is 3.18. The predicted octanol–water partition coefficient (Wildman–Crippen LogP) is 4.93. The summed E-state index contributed by atoms with van der Waals surface area (Å²) in [6.07, 6.45) is 0. The van der Waals surface area contributed by atoms with E-state index in [1.165, 1.54) is 48.5 Å². The van der Waals surface area contributed by atoms with Crippen molar-refractivity contribution in [1.82, 2.24) is 4.31 Å². The average molecular weight is 461 g/mol. The standard InChI is InChI=1S/C23H22ClFN2O3S/c1-16-3-4-17(2)22(13-16)26-23(28)15-27(14-18-5-9-20(25)10-6-18)31(29,30)21-11-7-19(24)8-12-21/h3-13H,14-15H2,1-2H3,(H,26,28). The molecule has 0 radical (unpaired) electrons. The van der Waals surface area contributed by atoms with Crippen molar-refractivity contribution in [3.8, 4) is 0 Å². The lowest BCUT2D eigenvalue weighted by molar-refractivity contribution is -0.116. The van der Waals surface area contributed by atoms with Gasteiger partial charge >= 0.3 is 0 Å². The Morgan fingerprint density at radius 2 is 1.65 bits per heavy atom. The fourth-order valence-electron chi connectivity index (χ4n) is 3.00. The summed E-state index contributed by atoms with van der Waals surface area (Å²) in [5.74, 6) is -0.906. The highest BCUT2D eigenvalue weighted by molar-refractivity contribution is 7.89. The van der Waals surface area contributed by atoms with Crippen molar-refractivity contribution in [1.29, 1.82) is 0 Å². The number of sulfonamides is 1. The monoisotopic (exact) mass is 460 g/mol. The number of carbonyl (C=O) groups is 1. The van der Waals surface area contributed by atoms with Crippen LogP contribution in [0.1, 0.15) is 16.7 Å². The molecule has 0 fully saturated rings. The van der Waals surface area contributed by atoms with Crippen LogP contribution in [0.2, 0.25) is 5.02 Å². The van der Waals surface area contributed by atoms with Gasteiger partial charge in [0.2, 0.25) is 15.9 Å². The number of amides is 1. The van der Waals surface area contributed by atoms with Crippen LogP contribution in [0.15, 0.2) is 71.6 Å². The topological polar surface area (TPSA) is 66.5 Å². The van der Waals surface area contributed by atoms with E-state index in [0.29, 0.717) is 16.3 Å². The molecule has 5 nitrogen and oxygen atoms in total. The second-order valence-electron chi connectivity index (χ2n) is 7.22. The Labute approximate surface area is 186 Å². The van der Waals surface area contributed by atoms with Crippen molar-refractivity contribution >= 4 is 33.2 Å². The number of carbonyl (C=O) groups excluding carboxylic acids is 1. The molecule has 0 aromatic heterocycles. The molecule has 3 aromatic carbocycles. The molecular weight excluding hydrogens is 439 g/mol. The van der Waals surface area contributed by atoms with Gasteiger partial charge in [-0.25, -0.2) is 12.8 Å². The smallest absolute Gasteiger partial charge is 0.243 e. The van der Waals surface area contributed by atoms with Gasteiger partial charge in [-0.15, -0.1) is 0 Å². The first-order valence-electron chi connectivity index (χ1n) is 9.52. The lowest BCUT2D eigenvalue weighted by Gasteiger charge is -2.22. The van der Waals surface area contributed by atoms with Gasteiger partial charge in [-0.1, -0.05) is 35.9 Å². The normalized spacial score (nSPS) is 11.5. The number of hydrogen-bond donors (Lipinski definition) is 1. The maximum absolute atomic E-state index is 13.3. The molecule has 1 N–H and O–H groups in total. The van der Waals surface area contributed by atoms with Crippen LogP contribution in [0.4, 0.5) is 10.1 Å². The first kappa shape index (κ1) is 22.9. The van der Waals surface area contributed by atoms with Crippen LogP contribution in [0.3, 0.4) is 0 Å². The summed E-state index contributed by atoms with van der Waals surface area (Å²) in [6, 6.07) is 16.8. The highest BCUT2D eigenvalue weighted by Gasteiger charge is 2.27. The molecule has 0 atom stereocenters. The van der Waals surface area contributed by atoms with E-state index < -0.39 is 28.3 Å². The van der Waals surface area contributed by atoms with E-state index in [9.17, 15) is 17.6 Å². The van der Waals surface area contributed by atoms with Crippen LogP contribution < -0.4 is 5.32 Å². The van der Waals surface area contributed by atoms with E-state index >= 15 is 0 Å². The minimum Gasteiger partial charge on any atom is -0.325 e. The zero-order valence-electron chi connectivity index (χ0n) is 17.1. The number of nitrogens with one attached hydrogen (secondary N) is 1. The van der Waals surface area contributed by atoms with Crippen molar-refractivity contribution in [3.63, 3.8) is 0 Å². The van der Waals surface area contributed by atoms with Crippen LogP contribution in [-0.4, -0.2) is 25.2 Å². The van der Waals surface area contributed by atoms with Gasteiger partial charge in [0.1, 0.15) is 5.82 Å². The van der Waals surface area contributed by atoms with Crippen LogP contribution in [0.5, 0.6) is 0 Å². The molecule has 31 heavy (non-hydrogen) atoms. The van der Waals surface area contributed by atoms with Gasteiger partial charge in [-0.2, -0.15) is 4.31 Å². The molecular formula is C23H22ClFN2O3S. The molecule has 0 aliphatic carbocycles. The van der Waals surface area contributed by atoms with Crippen LogP contribution in [0, 0.1) is 19.7 Å². The first-order valence-corrected chi connectivity index (χ1v) is 11.3. The Balaban J connectivity index is 1.89. The number of anilines is 1. The van der Waals surface area contributed by atoms with E-state index in [1.807, 2.05) is 32.0 Å². The van der Waals surface area contributed by atoms with Gasteiger partial charge in [0.05, 0.1) is 11.4 Å². The van der Waals surface area contributed by atoms with E-state index in [1.54, 1.807) is 0 Å². The fraction of sp³-hybridized carbons (Fsp3) is 0.174. The van der Waals surface area contributed by atoms with Gasteiger partial charge in [-0.05, 0) is 73.0 Å². The number of benzene rings is 3. The van der Waals surface area contributed by atoms with E-state index in [2.05, 4.69) is 5.32 Å². The highest BCUT2D eigenvalue weighted by Crippen LogP contribution is 2.22. The molecule has 0 bridgehead atoms. The maximum Gasteiger partial charge on any atom is 0.243 e. The van der Waals surface area contributed by atoms with E-state index in [4.69, 9.17) is 11.6 Å². The summed E-state index contributed by atoms with van der Waals surface area (Å²) < 4.78 is 40.8. The van der Waals surface area contributed by atoms with E-state index in [-0.39, 0.29) is 11.4 Å². The largest absolute Gasteiger partial charge is 0.325 e. The number of hydrogen-bond acceptors (Lipinski definition) is 3. The number of halogens is 2. The quantitative estimate of drug-likeness (QED) is 0.544. The molecule has 0 heterocycles. The number of aryl methyl sites for hydroxylation is 2. The Morgan fingerprint density at radius 1 is 1.00 bits per heavy atom. The van der Waals surface area contributed by atoms with Crippen LogP contribution >= 0.6 is 11.6 Å².